The number of piperazine rings is 1. The first kappa shape index (κ1) is 19.5. The monoisotopic (exact) mass is 395 g/mol. The van der Waals surface area contributed by atoms with Gasteiger partial charge < -0.3 is 24.2 Å². The molecule has 1 fully saturated rings. The highest BCUT2D eigenvalue weighted by molar-refractivity contribution is 5.94. The summed E-state index contributed by atoms with van der Waals surface area (Å²) in [6, 6.07) is 16.0. The Kier molecular flexibility index (Phi) is 6.12. The van der Waals surface area contributed by atoms with Crippen molar-refractivity contribution in [2.45, 2.75) is 6.54 Å². The van der Waals surface area contributed by atoms with Crippen molar-refractivity contribution >= 4 is 11.6 Å². The summed E-state index contributed by atoms with van der Waals surface area (Å²) in [5.41, 5.74) is 2.20. The fourth-order valence-corrected chi connectivity index (χ4v) is 4.05. The lowest BCUT2D eigenvalue weighted by Gasteiger charge is -2.31. The molecule has 0 saturated carbocycles. The summed E-state index contributed by atoms with van der Waals surface area (Å²) in [6.45, 7) is 10.3. The molecule has 1 saturated heterocycles. The number of fused-ring (bicyclic) bond motifs is 1. The zero-order valence-electron chi connectivity index (χ0n) is 16.7. The van der Waals surface area contributed by atoms with Gasteiger partial charge in [-0.25, -0.2) is 0 Å². The lowest BCUT2D eigenvalue weighted by atomic mass is 10.1. The second kappa shape index (κ2) is 9.11. The number of nitrogens with one attached hydrogen (secondary N) is 2. The second-order valence-electron chi connectivity index (χ2n) is 7.67. The SMILES string of the molecule is C=CCN(C(=O)C[NH+]1CC[NH+](Cc2ccc3c(c2)OCO3)CC1)c1ccccc1. The number of hydrogen-bond acceptors (Lipinski definition) is 3. The number of amides is 1. The molecule has 0 radical (unpaired) electrons. The quantitative estimate of drug-likeness (QED) is 0.645. The number of quaternary nitrogens is 2. The van der Waals surface area contributed by atoms with Gasteiger partial charge in [0.1, 0.15) is 32.7 Å². The van der Waals surface area contributed by atoms with Gasteiger partial charge in [0.25, 0.3) is 5.91 Å². The second-order valence-corrected chi connectivity index (χ2v) is 7.67. The minimum Gasteiger partial charge on any atom is -0.454 e. The van der Waals surface area contributed by atoms with Crippen LogP contribution in [-0.2, 0) is 11.3 Å². The van der Waals surface area contributed by atoms with Gasteiger partial charge in [-0.05, 0) is 30.3 Å². The number of carbonyl (C=O) groups is 1. The van der Waals surface area contributed by atoms with Crippen LogP contribution >= 0.6 is 0 Å². The Morgan fingerprint density at radius 1 is 1.00 bits per heavy atom. The van der Waals surface area contributed by atoms with Crippen molar-refractivity contribution < 1.29 is 24.1 Å². The topological polar surface area (TPSA) is 47.7 Å². The van der Waals surface area contributed by atoms with Crippen LogP contribution in [-0.4, -0.2) is 52.0 Å². The Morgan fingerprint density at radius 2 is 1.72 bits per heavy atom. The Balaban J connectivity index is 1.29. The van der Waals surface area contributed by atoms with E-state index in [0.29, 0.717) is 19.9 Å². The van der Waals surface area contributed by atoms with E-state index < -0.39 is 0 Å². The first-order valence-corrected chi connectivity index (χ1v) is 10.2. The summed E-state index contributed by atoms with van der Waals surface area (Å²) in [5.74, 6) is 1.84. The molecule has 0 atom stereocenters. The number of benzene rings is 2. The van der Waals surface area contributed by atoms with Crippen LogP contribution in [0.1, 0.15) is 5.56 Å². The summed E-state index contributed by atoms with van der Waals surface area (Å²) >= 11 is 0. The first-order chi connectivity index (χ1) is 14.2. The molecule has 6 heteroatoms. The van der Waals surface area contributed by atoms with Crippen LogP contribution in [0.2, 0.25) is 0 Å². The van der Waals surface area contributed by atoms with Crippen molar-refractivity contribution in [2.24, 2.45) is 0 Å². The summed E-state index contributed by atoms with van der Waals surface area (Å²) in [5, 5.41) is 0. The number of anilines is 1. The van der Waals surface area contributed by atoms with Crippen LogP contribution in [0.25, 0.3) is 0 Å². The molecule has 0 unspecified atom stereocenters. The molecule has 0 spiro atoms. The van der Waals surface area contributed by atoms with Gasteiger partial charge in [-0.3, -0.25) is 4.79 Å². The van der Waals surface area contributed by atoms with Gasteiger partial charge in [0.2, 0.25) is 6.79 Å². The van der Waals surface area contributed by atoms with Crippen LogP contribution < -0.4 is 24.2 Å². The molecule has 152 valence electrons. The van der Waals surface area contributed by atoms with E-state index in [2.05, 4.69) is 18.7 Å². The van der Waals surface area contributed by atoms with Crippen molar-refractivity contribution in [3.8, 4) is 11.5 Å². The highest BCUT2D eigenvalue weighted by Crippen LogP contribution is 2.32. The normalized spacial score (nSPS) is 20.3. The minimum atomic E-state index is 0.158. The van der Waals surface area contributed by atoms with E-state index in [9.17, 15) is 4.79 Å². The van der Waals surface area contributed by atoms with E-state index in [1.165, 1.54) is 10.5 Å². The van der Waals surface area contributed by atoms with Gasteiger partial charge in [-0.1, -0.05) is 24.3 Å². The number of hydrogen-bond donors (Lipinski definition) is 2. The van der Waals surface area contributed by atoms with Gasteiger partial charge in [-0.2, -0.15) is 0 Å². The first-order valence-electron chi connectivity index (χ1n) is 10.2. The van der Waals surface area contributed by atoms with Gasteiger partial charge >= 0.3 is 0 Å². The lowest BCUT2D eigenvalue weighted by Crippen LogP contribution is -3.28. The van der Waals surface area contributed by atoms with Crippen molar-refractivity contribution in [2.75, 3.05) is 51.0 Å². The van der Waals surface area contributed by atoms with Crippen molar-refractivity contribution in [3.05, 3.63) is 66.7 Å². The minimum absolute atomic E-state index is 0.158. The maximum absolute atomic E-state index is 12.9. The molecule has 0 aromatic heterocycles. The fourth-order valence-electron chi connectivity index (χ4n) is 4.05. The number of rotatable bonds is 7. The Labute approximate surface area is 171 Å². The Hall–Kier alpha value is -2.83. The van der Waals surface area contributed by atoms with E-state index in [1.807, 2.05) is 41.3 Å². The molecule has 6 nitrogen and oxygen atoms in total. The zero-order chi connectivity index (χ0) is 20.1. The van der Waals surface area contributed by atoms with Gasteiger partial charge in [0.15, 0.2) is 18.0 Å². The zero-order valence-corrected chi connectivity index (χ0v) is 16.7. The standard InChI is InChI=1S/C23H27N3O3/c1-2-10-26(20-6-4-3-5-7-20)23(27)17-25-13-11-24(12-14-25)16-19-8-9-21-22(15-19)29-18-28-21/h2-9,15H,1,10-14,16-18H2/p+2. The largest absolute Gasteiger partial charge is 0.454 e. The van der Waals surface area contributed by atoms with Crippen LogP contribution in [0, 0.1) is 0 Å². The third-order valence-electron chi connectivity index (χ3n) is 5.64. The van der Waals surface area contributed by atoms with Crippen LogP contribution in [0.4, 0.5) is 5.69 Å². The van der Waals surface area contributed by atoms with Gasteiger partial charge in [0.05, 0.1) is 0 Å². The average molecular weight is 396 g/mol. The maximum Gasteiger partial charge on any atom is 0.282 e. The van der Waals surface area contributed by atoms with Crippen molar-refractivity contribution in [1.29, 1.82) is 0 Å². The molecule has 29 heavy (non-hydrogen) atoms. The van der Waals surface area contributed by atoms with Gasteiger partial charge in [-0.15, -0.1) is 6.58 Å². The van der Waals surface area contributed by atoms with Crippen molar-refractivity contribution in [3.63, 3.8) is 0 Å². The highest BCUT2D eigenvalue weighted by atomic mass is 16.7. The Bertz CT molecular complexity index is 848. The van der Waals surface area contributed by atoms with Crippen LogP contribution in [0.15, 0.2) is 61.2 Å². The third kappa shape index (κ3) is 4.78. The third-order valence-corrected chi connectivity index (χ3v) is 5.64. The highest BCUT2D eigenvalue weighted by Gasteiger charge is 2.27. The summed E-state index contributed by atoms with van der Waals surface area (Å²) in [4.78, 5) is 17.6. The van der Waals surface area contributed by atoms with E-state index in [-0.39, 0.29) is 5.91 Å². The molecular weight excluding hydrogens is 366 g/mol. The fraction of sp³-hybridized carbons (Fsp3) is 0.348. The average Bonchev–Trinajstić information content (AvgIpc) is 3.22. The number of ether oxygens (including phenoxy) is 2. The van der Waals surface area contributed by atoms with E-state index in [0.717, 1.165) is 49.9 Å². The lowest BCUT2D eigenvalue weighted by molar-refractivity contribution is -1.02. The maximum atomic E-state index is 12.9. The number of carbonyl (C=O) groups excluding carboxylic acids is 1. The van der Waals surface area contributed by atoms with Crippen LogP contribution in [0.3, 0.4) is 0 Å². The molecule has 0 aliphatic carbocycles. The number of nitrogens with zero attached hydrogens (tertiary/aromatic N) is 1. The molecule has 2 N–H and O–H groups in total. The van der Waals surface area contributed by atoms with E-state index in [4.69, 9.17) is 9.47 Å². The molecule has 4 rings (SSSR count). The summed E-state index contributed by atoms with van der Waals surface area (Å²) in [6.07, 6.45) is 1.79. The van der Waals surface area contributed by atoms with E-state index >= 15 is 0 Å². The predicted molar refractivity (Wildman–Crippen MR) is 112 cm³/mol. The molecule has 2 aromatic rings. The molecule has 2 aliphatic rings. The molecule has 2 heterocycles. The summed E-state index contributed by atoms with van der Waals surface area (Å²) < 4.78 is 10.9. The van der Waals surface area contributed by atoms with Crippen molar-refractivity contribution in [1.82, 2.24) is 0 Å². The van der Waals surface area contributed by atoms with Crippen LogP contribution in [0.5, 0.6) is 11.5 Å². The number of para-hydroxylation sites is 1. The molecule has 2 aromatic carbocycles. The molecule has 0 bridgehead atoms. The summed E-state index contributed by atoms with van der Waals surface area (Å²) in [7, 11) is 0. The smallest absolute Gasteiger partial charge is 0.282 e. The van der Waals surface area contributed by atoms with E-state index in [1.54, 1.807) is 11.0 Å². The predicted octanol–water partition coefficient (Wildman–Crippen LogP) is -0.0821. The molecule has 1 amide bonds. The Morgan fingerprint density at radius 3 is 2.48 bits per heavy atom. The molecular formula is C23H29N3O3+2. The van der Waals surface area contributed by atoms with Gasteiger partial charge in [0, 0.05) is 17.8 Å². The molecule has 2 aliphatic heterocycles.